The van der Waals surface area contributed by atoms with E-state index in [1.54, 1.807) is 24.3 Å². The summed E-state index contributed by atoms with van der Waals surface area (Å²) in [6.07, 6.45) is 1.42. The number of anilines is 1. The van der Waals surface area contributed by atoms with Crippen molar-refractivity contribution in [2.45, 2.75) is 6.54 Å². The lowest BCUT2D eigenvalue weighted by Gasteiger charge is -2.07. The van der Waals surface area contributed by atoms with Crippen LogP contribution in [0, 0.1) is 0 Å². The molecule has 0 unspecified atom stereocenters. The number of nitrogens with one attached hydrogen (secondary N) is 1. The van der Waals surface area contributed by atoms with E-state index >= 15 is 0 Å². The van der Waals surface area contributed by atoms with Crippen LogP contribution in [0.5, 0.6) is 0 Å². The largest absolute Gasteiger partial charge is 0.477 e. The summed E-state index contributed by atoms with van der Waals surface area (Å²) < 4.78 is 0.655. The molecule has 2 aromatic rings. The van der Waals surface area contributed by atoms with E-state index in [-0.39, 0.29) is 18.1 Å². The minimum absolute atomic E-state index is 0.0347. The molecule has 7 heteroatoms. The third kappa shape index (κ3) is 3.79. The number of carboxylic acids is 1. The summed E-state index contributed by atoms with van der Waals surface area (Å²) >= 11 is 3.26. The number of carboxylic acid groups (broad SMARTS) is 1. The number of carbonyl (C=O) groups excluding carboxylic acids is 1. The molecule has 2 rings (SSSR count). The zero-order chi connectivity index (χ0) is 15.4. The van der Waals surface area contributed by atoms with Gasteiger partial charge in [0.2, 0.25) is 0 Å². The van der Waals surface area contributed by atoms with E-state index in [0.717, 1.165) is 0 Å². The number of pyridine rings is 1. The number of hydrogen-bond donors (Lipinski definition) is 3. The summed E-state index contributed by atoms with van der Waals surface area (Å²) in [6, 6.07) is 7.90. The van der Waals surface area contributed by atoms with E-state index < -0.39 is 5.97 Å². The Morgan fingerprint density at radius 3 is 2.62 bits per heavy atom. The van der Waals surface area contributed by atoms with E-state index in [1.165, 1.54) is 12.3 Å². The highest BCUT2D eigenvalue weighted by Gasteiger charge is 2.08. The number of aromatic carboxylic acids is 1. The molecule has 0 saturated carbocycles. The molecule has 6 nitrogen and oxygen atoms in total. The summed E-state index contributed by atoms with van der Waals surface area (Å²) in [5.41, 5.74) is 7.37. The van der Waals surface area contributed by atoms with Crippen LogP contribution in [-0.2, 0) is 6.54 Å². The third-order valence-corrected chi connectivity index (χ3v) is 3.45. The Bertz CT molecular complexity index is 686. The molecule has 108 valence electrons. The van der Waals surface area contributed by atoms with E-state index in [2.05, 4.69) is 26.2 Å². The highest BCUT2D eigenvalue weighted by atomic mass is 79.9. The first kappa shape index (κ1) is 15.0. The summed E-state index contributed by atoms with van der Waals surface area (Å²) in [6.45, 7) is 0.258. The van der Waals surface area contributed by atoms with Crippen molar-refractivity contribution in [1.29, 1.82) is 0 Å². The van der Waals surface area contributed by atoms with Crippen LogP contribution in [0.25, 0.3) is 0 Å². The smallest absolute Gasteiger partial charge is 0.354 e. The quantitative estimate of drug-likeness (QED) is 0.732. The molecule has 0 aliphatic rings. The van der Waals surface area contributed by atoms with Gasteiger partial charge in [0.25, 0.3) is 5.91 Å². The minimum atomic E-state index is -1.09. The highest BCUT2D eigenvalue weighted by Crippen LogP contribution is 2.20. The first-order valence-electron chi connectivity index (χ1n) is 5.99. The van der Waals surface area contributed by atoms with E-state index in [0.29, 0.717) is 21.3 Å². The van der Waals surface area contributed by atoms with Gasteiger partial charge in [-0.15, -0.1) is 0 Å². The number of benzene rings is 1. The van der Waals surface area contributed by atoms with E-state index in [9.17, 15) is 9.59 Å². The van der Waals surface area contributed by atoms with Crippen molar-refractivity contribution in [2.24, 2.45) is 0 Å². The fraction of sp³-hybridized carbons (Fsp3) is 0.0714. The Balaban J connectivity index is 2.00. The van der Waals surface area contributed by atoms with E-state index in [4.69, 9.17) is 10.8 Å². The molecule has 0 aliphatic heterocycles. The fourth-order valence-corrected chi connectivity index (χ4v) is 1.99. The Morgan fingerprint density at radius 1 is 1.29 bits per heavy atom. The maximum absolute atomic E-state index is 12.0. The zero-order valence-corrected chi connectivity index (χ0v) is 12.4. The summed E-state index contributed by atoms with van der Waals surface area (Å²) in [5.74, 6) is -1.34. The van der Waals surface area contributed by atoms with Crippen LogP contribution < -0.4 is 11.1 Å². The second-order valence-electron chi connectivity index (χ2n) is 4.28. The molecule has 1 aromatic carbocycles. The number of rotatable bonds is 4. The van der Waals surface area contributed by atoms with Crippen molar-refractivity contribution in [1.82, 2.24) is 10.3 Å². The van der Waals surface area contributed by atoms with Crippen molar-refractivity contribution in [3.8, 4) is 0 Å². The molecule has 21 heavy (non-hydrogen) atoms. The average molecular weight is 350 g/mol. The van der Waals surface area contributed by atoms with Crippen molar-refractivity contribution in [2.75, 3.05) is 5.73 Å². The van der Waals surface area contributed by atoms with Gasteiger partial charge < -0.3 is 16.2 Å². The van der Waals surface area contributed by atoms with Crippen LogP contribution in [0.15, 0.2) is 41.0 Å². The van der Waals surface area contributed by atoms with Gasteiger partial charge in [-0.3, -0.25) is 4.79 Å². The lowest BCUT2D eigenvalue weighted by molar-refractivity contribution is 0.0690. The Hall–Kier alpha value is -2.41. The average Bonchev–Trinajstić information content (AvgIpc) is 2.48. The van der Waals surface area contributed by atoms with Crippen molar-refractivity contribution in [3.05, 3.63) is 57.8 Å². The van der Waals surface area contributed by atoms with Crippen LogP contribution in [0.3, 0.4) is 0 Å². The number of nitrogen functional groups attached to an aromatic ring is 1. The molecule has 0 bridgehead atoms. The standard InChI is InChI=1S/C14H12BrN3O3/c15-10-5-9(2-3-11(10)16)13(19)18-7-8-1-4-12(14(20)21)17-6-8/h1-6H,7,16H2,(H,18,19)(H,20,21). The molecule has 4 N–H and O–H groups in total. The fourth-order valence-electron chi connectivity index (χ4n) is 1.61. The number of amides is 1. The maximum atomic E-state index is 12.0. The monoisotopic (exact) mass is 349 g/mol. The molecule has 0 spiro atoms. The molecular formula is C14H12BrN3O3. The predicted octanol–water partition coefficient (Wildman–Crippen LogP) is 2.05. The van der Waals surface area contributed by atoms with Gasteiger partial charge in [-0.1, -0.05) is 6.07 Å². The van der Waals surface area contributed by atoms with Crippen LogP contribution in [0.4, 0.5) is 5.69 Å². The second kappa shape index (κ2) is 6.36. The summed E-state index contributed by atoms with van der Waals surface area (Å²) in [7, 11) is 0. The Morgan fingerprint density at radius 2 is 2.05 bits per heavy atom. The van der Waals surface area contributed by atoms with Gasteiger partial charge in [0.15, 0.2) is 0 Å². The predicted molar refractivity (Wildman–Crippen MR) is 80.9 cm³/mol. The minimum Gasteiger partial charge on any atom is -0.477 e. The number of nitrogens with zero attached hydrogens (tertiary/aromatic N) is 1. The molecule has 1 amide bonds. The number of aromatic nitrogens is 1. The Labute approximate surface area is 129 Å². The van der Waals surface area contributed by atoms with Gasteiger partial charge in [0.05, 0.1) is 0 Å². The molecule has 0 aliphatic carbocycles. The van der Waals surface area contributed by atoms with Gasteiger partial charge in [0.1, 0.15) is 5.69 Å². The van der Waals surface area contributed by atoms with E-state index in [1.807, 2.05) is 0 Å². The van der Waals surface area contributed by atoms with Crippen LogP contribution >= 0.6 is 15.9 Å². The lowest BCUT2D eigenvalue weighted by atomic mass is 10.2. The van der Waals surface area contributed by atoms with Gasteiger partial charge in [-0.25, -0.2) is 9.78 Å². The highest BCUT2D eigenvalue weighted by molar-refractivity contribution is 9.10. The molecule has 0 fully saturated rings. The first-order chi connectivity index (χ1) is 9.97. The van der Waals surface area contributed by atoms with Gasteiger partial charge >= 0.3 is 5.97 Å². The molecule has 0 atom stereocenters. The molecule has 1 heterocycles. The SMILES string of the molecule is Nc1ccc(C(=O)NCc2ccc(C(=O)O)nc2)cc1Br. The molecule has 1 aromatic heterocycles. The molecular weight excluding hydrogens is 338 g/mol. The van der Waals surface area contributed by atoms with Crippen LogP contribution in [-0.4, -0.2) is 22.0 Å². The lowest BCUT2D eigenvalue weighted by Crippen LogP contribution is -2.23. The normalized spacial score (nSPS) is 10.1. The summed E-state index contributed by atoms with van der Waals surface area (Å²) in [5, 5.41) is 11.5. The number of hydrogen-bond acceptors (Lipinski definition) is 4. The third-order valence-electron chi connectivity index (χ3n) is 2.76. The number of nitrogens with two attached hydrogens (primary N) is 1. The maximum Gasteiger partial charge on any atom is 0.354 e. The molecule has 0 saturated heterocycles. The van der Waals surface area contributed by atoms with Crippen molar-refractivity contribution >= 4 is 33.5 Å². The molecule has 0 radical (unpaired) electrons. The first-order valence-corrected chi connectivity index (χ1v) is 6.78. The second-order valence-corrected chi connectivity index (χ2v) is 5.13. The topological polar surface area (TPSA) is 105 Å². The summed E-state index contributed by atoms with van der Waals surface area (Å²) in [4.78, 5) is 26.4. The number of carbonyl (C=O) groups is 2. The zero-order valence-electron chi connectivity index (χ0n) is 10.8. The van der Waals surface area contributed by atoms with Crippen LogP contribution in [0.1, 0.15) is 26.4 Å². The van der Waals surface area contributed by atoms with Gasteiger partial charge in [0, 0.05) is 28.5 Å². The van der Waals surface area contributed by atoms with Gasteiger partial charge in [-0.2, -0.15) is 0 Å². The van der Waals surface area contributed by atoms with Crippen LogP contribution in [0.2, 0.25) is 0 Å². The van der Waals surface area contributed by atoms with Gasteiger partial charge in [-0.05, 0) is 45.8 Å². The van der Waals surface area contributed by atoms with Crippen molar-refractivity contribution < 1.29 is 14.7 Å². The Kier molecular flexibility index (Phi) is 4.54. The number of halogens is 1. The van der Waals surface area contributed by atoms with Crippen molar-refractivity contribution in [3.63, 3.8) is 0 Å².